The summed E-state index contributed by atoms with van der Waals surface area (Å²) in [5.74, 6) is 1.56. The van der Waals surface area contributed by atoms with E-state index in [2.05, 4.69) is 12.2 Å². The normalized spacial score (nSPS) is 21.6. The molecule has 0 bridgehead atoms. The maximum absolute atomic E-state index is 12.5. The molecule has 1 atom stereocenters. The average molecular weight is 272 g/mol. The van der Waals surface area contributed by atoms with Gasteiger partial charge < -0.3 is 9.73 Å². The Labute approximate surface area is 108 Å². The molecule has 18 heavy (non-hydrogen) atoms. The maximum atomic E-state index is 12.5. The van der Waals surface area contributed by atoms with Crippen molar-refractivity contribution in [2.24, 2.45) is 5.92 Å². The first-order chi connectivity index (χ1) is 8.45. The summed E-state index contributed by atoms with van der Waals surface area (Å²) in [5.41, 5.74) is 0. The third-order valence-electron chi connectivity index (χ3n) is 3.28. The van der Waals surface area contributed by atoms with E-state index in [4.69, 9.17) is 4.42 Å². The van der Waals surface area contributed by atoms with Gasteiger partial charge in [-0.1, -0.05) is 6.92 Å². The lowest BCUT2D eigenvalue weighted by Gasteiger charge is -2.14. The van der Waals surface area contributed by atoms with Gasteiger partial charge in [-0.15, -0.1) is 0 Å². The Morgan fingerprint density at radius 1 is 1.56 bits per heavy atom. The lowest BCUT2D eigenvalue weighted by Crippen LogP contribution is -2.28. The van der Waals surface area contributed by atoms with Gasteiger partial charge in [0.05, 0.1) is 6.54 Å². The molecule has 1 N–H and O–H groups in total. The van der Waals surface area contributed by atoms with Gasteiger partial charge in [0.1, 0.15) is 16.4 Å². The molecule has 0 aliphatic carbocycles. The van der Waals surface area contributed by atoms with Crippen LogP contribution in [0.3, 0.4) is 0 Å². The Kier molecular flexibility index (Phi) is 3.79. The van der Waals surface area contributed by atoms with Crippen molar-refractivity contribution >= 4 is 10.0 Å². The second kappa shape index (κ2) is 5.03. The molecule has 2 heterocycles. The zero-order chi connectivity index (χ0) is 13.3. The predicted octanol–water partition coefficient (Wildman–Crippen LogP) is 1.34. The third-order valence-corrected chi connectivity index (χ3v) is 5.25. The summed E-state index contributed by atoms with van der Waals surface area (Å²) in [7, 11) is -1.59. The van der Waals surface area contributed by atoms with Crippen LogP contribution in [-0.2, 0) is 16.6 Å². The standard InChI is InChI=1S/C12H20N2O3S/c1-9-4-5-14(8-9)18(15,16)12-6-11(7-13-3)17-10(12)2/h6,9,13H,4-5,7-8H2,1-3H3. The van der Waals surface area contributed by atoms with Gasteiger partial charge in [-0.2, -0.15) is 4.31 Å². The summed E-state index contributed by atoms with van der Waals surface area (Å²) in [6, 6.07) is 1.63. The predicted molar refractivity (Wildman–Crippen MR) is 68.7 cm³/mol. The molecule has 0 amide bonds. The van der Waals surface area contributed by atoms with Gasteiger partial charge in [0, 0.05) is 19.2 Å². The van der Waals surface area contributed by atoms with E-state index in [0.29, 0.717) is 42.0 Å². The van der Waals surface area contributed by atoms with Gasteiger partial charge >= 0.3 is 0 Å². The molecule has 0 spiro atoms. The molecular formula is C12H20N2O3S. The summed E-state index contributed by atoms with van der Waals surface area (Å²) >= 11 is 0. The van der Waals surface area contributed by atoms with Gasteiger partial charge in [-0.25, -0.2) is 8.42 Å². The molecule has 102 valence electrons. The number of hydrogen-bond donors (Lipinski definition) is 1. The molecular weight excluding hydrogens is 252 g/mol. The minimum atomic E-state index is -3.39. The second-order valence-electron chi connectivity index (χ2n) is 4.92. The van der Waals surface area contributed by atoms with Crippen molar-refractivity contribution < 1.29 is 12.8 Å². The highest BCUT2D eigenvalue weighted by molar-refractivity contribution is 7.89. The Bertz CT molecular complexity index is 521. The first-order valence-corrected chi connectivity index (χ1v) is 7.63. The van der Waals surface area contributed by atoms with Crippen LogP contribution >= 0.6 is 0 Å². The topological polar surface area (TPSA) is 62.6 Å². The van der Waals surface area contributed by atoms with E-state index in [9.17, 15) is 8.42 Å². The Morgan fingerprint density at radius 2 is 2.28 bits per heavy atom. The van der Waals surface area contributed by atoms with Crippen molar-refractivity contribution in [3.8, 4) is 0 Å². The fourth-order valence-corrected chi connectivity index (χ4v) is 4.05. The van der Waals surface area contributed by atoms with Crippen LogP contribution < -0.4 is 5.32 Å². The number of sulfonamides is 1. The van der Waals surface area contributed by atoms with Crippen LogP contribution in [0.1, 0.15) is 24.9 Å². The Morgan fingerprint density at radius 3 is 2.83 bits per heavy atom. The Hall–Kier alpha value is -0.850. The zero-order valence-corrected chi connectivity index (χ0v) is 11.9. The largest absolute Gasteiger partial charge is 0.464 e. The van der Waals surface area contributed by atoms with E-state index in [1.165, 1.54) is 0 Å². The van der Waals surface area contributed by atoms with Crippen molar-refractivity contribution in [3.05, 3.63) is 17.6 Å². The molecule has 5 nitrogen and oxygen atoms in total. The van der Waals surface area contributed by atoms with Crippen LogP contribution in [0.4, 0.5) is 0 Å². The lowest BCUT2D eigenvalue weighted by molar-refractivity contribution is 0.451. The quantitative estimate of drug-likeness (QED) is 0.898. The van der Waals surface area contributed by atoms with Crippen LogP contribution in [0, 0.1) is 12.8 Å². The summed E-state index contributed by atoms with van der Waals surface area (Å²) in [5, 5.41) is 2.95. The number of hydrogen-bond acceptors (Lipinski definition) is 4. The number of furan rings is 1. The van der Waals surface area contributed by atoms with Crippen LogP contribution in [0.5, 0.6) is 0 Å². The van der Waals surface area contributed by atoms with Crippen molar-refractivity contribution in [2.75, 3.05) is 20.1 Å². The average Bonchev–Trinajstić information content (AvgIpc) is 2.86. The van der Waals surface area contributed by atoms with Crippen LogP contribution in [0.25, 0.3) is 0 Å². The molecule has 1 saturated heterocycles. The highest BCUT2D eigenvalue weighted by Gasteiger charge is 2.33. The van der Waals surface area contributed by atoms with Gasteiger partial charge in [0.15, 0.2) is 0 Å². The third kappa shape index (κ3) is 2.46. The molecule has 1 aliphatic heterocycles. The lowest BCUT2D eigenvalue weighted by atomic mass is 10.2. The van der Waals surface area contributed by atoms with E-state index >= 15 is 0 Å². The molecule has 2 rings (SSSR count). The van der Waals surface area contributed by atoms with E-state index in [-0.39, 0.29) is 0 Å². The minimum Gasteiger partial charge on any atom is -0.464 e. The highest BCUT2D eigenvalue weighted by atomic mass is 32.2. The van der Waals surface area contributed by atoms with E-state index in [1.807, 2.05) is 0 Å². The molecule has 1 fully saturated rings. The smallest absolute Gasteiger partial charge is 0.246 e. The number of nitrogens with one attached hydrogen (secondary N) is 1. The van der Waals surface area contributed by atoms with Crippen molar-refractivity contribution in [2.45, 2.75) is 31.7 Å². The van der Waals surface area contributed by atoms with Crippen LogP contribution in [0.2, 0.25) is 0 Å². The highest BCUT2D eigenvalue weighted by Crippen LogP contribution is 2.27. The summed E-state index contributed by atoms with van der Waals surface area (Å²) in [6.45, 7) is 5.52. The second-order valence-corrected chi connectivity index (χ2v) is 6.83. The van der Waals surface area contributed by atoms with Gasteiger partial charge in [-0.3, -0.25) is 0 Å². The molecule has 0 radical (unpaired) electrons. The fraction of sp³-hybridized carbons (Fsp3) is 0.667. The van der Waals surface area contributed by atoms with Gasteiger partial charge in [-0.05, 0) is 26.3 Å². The van der Waals surface area contributed by atoms with E-state index in [1.54, 1.807) is 24.3 Å². The molecule has 1 aliphatic rings. The van der Waals surface area contributed by atoms with Crippen molar-refractivity contribution in [1.29, 1.82) is 0 Å². The monoisotopic (exact) mass is 272 g/mol. The minimum absolute atomic E-state index is 0.307. The van der Waals surface area contributed by atoms with Gasteiger partial charge in [0.25, 0.3) is 0 Å². The molecule has 1 aromatic heterocycles. The zero-order valence-electron chi connectivity index (χ0n) is 11.1. The fourth-order valence-electron chi connectivity index (χ4n) is 2.29. The first kappa shape index (κ1) is 13.6. The number of nitrogens with zero attached hydrogens (tertiary/aromatic N) is 1. The first-order valence-electron chi connectivity index (χ1n) is 6.19. The molecule has 0 aromatic carbocycles. The molecule has 0 saturated carbocycles. The Balaban J connectivity index is 2.29. The summed E-state index contributed by atoms with van der Waals surface area (Å²) < 4.78 is 31.9. The summed E-state index contributed by atoms with van der Waals surface area (Å²) in [4.78, 5) is 0.307. The SMILES string of the molecule is CNCc1cc(S(=O)(=O)N2CCC(C)C2)c(C)o1. The van der Waals surface area contributed by atoms with E-state index in [0.717, 1.165) is 6.42 Å². The number of rotatable bonds is 4. The maximum Gasteiger partial charge on any atom is 0.246 e. The molecule has 1 aromatic rings. The van der Waals surface area contributed by atoms with E-state index < -0.39 is 10.0 Å². The summed E-state index contributed by atoms with van der Waals surface area (Å²) in [6.07, 6.45) is 0.930. The van der Waals surface area contributed by atoms with Gasteiger partial charge in [0.2, 0.25) is 10.0 Å². The van der Waals surface area contributed by atoms with Crippen molar-refractivity contribution in [1.82, 2.24) is 9.62 Å². The number of aryl methyl sites for hydroxylation is 1. The molecule has 1 unspecified atom stereocenters. The van der Waals surface area contributed by atoms with Crippen LogP contribution in [0.15, 0.2) is 15.4 Å². The van der Waals surface area contributed by atoms with Crippen molar-refractivity contribution in [3.63, 3.8) is 0 Å². The molecule has 6 heteroatoms. The van der Waals surface area contributed by atoms with Crippen LogP contribution in [-0.4, -0.2) is 32.9 Å².